The van der Waals surface area contributed by atoms with E-state index in [1.54, 1.807) is 18.2 Å². The van der Waals surface area contributed by atoms with Crippen molar-refractivity contribution >= 4 is 44.9 Å². The third-order valence-corrected chi connectivity index (χ3v) is 4.66. The summed E-state index contributed by atoms with van der Waals surface area (Å²) in [5.41, 5.74) is 1.49. The summed E-state index contributed by atoms with van der Waals surface area (Å²) in [7, 11) is 0. The lowest BCUT2D eigenvalue weighted by Crippen LogP contribution is -2.14. The van der Waals surface area contributed by atoms with E-state index in [-0.39, 0.29) is 21.2 Å². The first kappa shape index (κ1) is 14.9. The number of fused-ring (bicyclic) bond motifs is 1. The number of benzene rings is 1. The van der Waals surface area contributed by atoms with Crippen LogP contribution in [0.4, 0.5) is 10.3 Å². The Morgan fingerprint density at radius 1 is 1.27 bits per heavy atom. The van der Waals surface area contributed by atoms with Gasteiger partial charge in [-0.25, -0.2) is 14.4 Å². The molecule has 2 aromatic heterocycles. The van der Waals surface area contributed by atoms with Crippen molar-refractivity contribution in [3.05, 3.63) is 51.4 Å². The quantitative estimate of drug-likeness (QED) is 0.757. The number of nitrogens with zero attached hydrogens (tertiary/aromatic N) is 2. The molecule has 0 atom stereocenters. The van der Waals surface area contributed by atoms with Crippen LogP contribution in [0, 0.1) is 19.7 Å². The average molecular weight is 336 g/mol. The van der Waals surface area contributed by atoms with Crippen molar-refractivity contribution in [1.82, 2.24) is 9.97 Å². The van der Waals surface area contributed by atoms with E-state index in [9.17, 15) is 9.18 Å². The van der Waals surface area contributed by atoms with Crippen molar-refractivity contribution in [3.63, 3.8) is 0 Å². The lowest BCUT2D eigenvalue weighted by atomic mass is 10.2. The molecule has 2 heterocycles. The zero-order valence-electron chi connectivity index (χ0n) is 11.8. The van der Waals surface area contributed by atoms with E-state index in [4.69, 9.17) is 11.6 Å². The van der Waals surface area contributed by atoms with Crippen LogP contribution in [0.3, 0.4) is 0 Å². The first-order valence-electron chi connectivity index (χ1n) is 6.46. The SMILES string of the molecule is Cc1cc(C)nc(NC(=O)c2sc3cccc(F)c3c2Cl)n1. The van der Waals surface area contributed by atoms with Crippen molar-refractivity contribution in [1.29, 1.82) is 0 Å². The Hall–Kier alpha value is -2.05. The highest BCUT2D eigenvalue weighted by Gasteiger charge is 2.20. The molecule has 3 rings (SSSR count). The van der Waals surface area contributed by atoms with Crippen molar-refractivity contribution in [2.75, 3.05) is 5.32 Å². The molecule has 4 nitrogen and oxygen atoms in total. The normalized spacial score (nSPS) is 10.9. The molecule has 1 aromatic carbocycles. The summed E-state index contributed by atoms with van der Waals surface area (Å²) in [5.74, 6) is -0.687. The fourth-order valence-corrected chi connectivity index (χ4v) is 3.61. The van der Waals surface area contributed by atoms with Gasteiger partial charge in [-0.3, -0.25) is 10.1 Å². The maximum absolute atomic E-state index is 13.8. The minimum Gasteiger partial charge on any atom is -0.290 e. The molecule has 0 aliphatic carbocycles. The summed E-state index contributed by atoms with van der Waals surface area (Å²) in [4.78, 5) is 20.9. The Labute approximate surface area is 135 Å². The first-order valence-corrected chi connectivity index (χ1v) is 7.65. The summed E-state index contributed by atoms with van der Waals surface area (Å²) in [6, 6.07) is 6.42. The number of nitrogens with one attached hydrogen (secondary N) is 1. The van der Waals surface area contributed by atoms with E-state index in [1.807, 2.05) is 13.8 Å². The van der Waals surface area contributed by atoms with Gasteiger partial charge in [-0.05, 0) is 32.0 Å². The van der Waals surface area contributed by atoms with Crippen LogP contribution in [0.15, 0.2) is 24.3 Å². The Bertz CT molecular complexity index is 874. The van der Waals surface area contributed by atoms with Gasteiger partial charge in [-0.15, -0.1) is 11.3 Å². The zero-order chi connectivity index (χ0) is 15.9. The predicted octanol–water partition coefficient (Wildman–Crippen LogP) is 4.35. The molecule has 0 spiro atoms. The van der Waals surface area contributed by atoms with Gasteiger partial charge in [0.05, 0.1) is 5.02 Å². The molecule has 1 N–H and O–H groups in total. The van der Waals surface area contributed by atoms with Gasteiger partial charge in [0, 0.05) is 21.5 Å². The van der Waals surface area contributed by atoms with Gasteiger partial charge in [-0.2, -0.15) is 0 Å². The molecular weight excluding hydrogens is 325 g/mol. The fourth-order valence-electron chi connectivity index (χ4n) is 2.16. The minimum absolute atomic E-state index is 0.111. The van der Waals surface area contributed by atoms with Crippen LogP contribution in [0.5, 0.6) is 0 Å². The number of anilines is 1. The van der Waals surface area contributed by atoms with E-state index in [0.717, 1.165) is 22.7 Å². The van der Waals surface area contributed by atoms with Gasteiger partial charge < -0.3 is 0 Å². The average Bonchev–Trinajstić information content (AvgIpc) is 2.76. The Balaban J connectivity index is 1.99. The summed E-state index contributed by atoms with van der Waals surface area (Å²) < 4.78 is 14.4. The second-order valence-corrected chi connectivity index (χ2v) is 6.22. The Kier molecular flexibility index (Phi) is 3.80. The maximum atomic E-state index is 13.8. The number of rotatable bonds is 2. The number of halogens is 2. The van der Waals surface area contributed by atoms with Gasteiger partial charge in [0.25, 0.3) is 5.91 Å². The first-order chi connectivity index (χ1) is 10.5. The van der Waals surface area contributed by atoms with Crippen molar-refractivity contribution in [2.24, 2.45) is 0 Å². The summed E-state index contributed by atoms with van der Waals surface area (Å²) in [6.07, 6.45) is 0. The van der Waals surface area contributed by atoms with Gasteiger partial charge in [0.1, 0.15) is 10.7 Å². The third-order valence-electron chi connectivity index (χ3n) is 3.02. The van der Waals surface area contributed by atoms with Crippen LogP contribution in [0.2, 0.25) is 5.02 Å². The summed E-state index contributed by atoms with van der Waals surface area (Å²) in [5, 5.41) is 2.98. The molecule has 0 unspecified atom stereocenters. The van der Waals surface area contributed by atoms with Crippen molar-refractivity contribution < 1.29 is 9.18 Å². The van der Waals surface area contributed by atoms with E-state index in [2.05, 4.69) is 15.3 Å². The lowest BCUT2D eigenvalue weighted by Gasteiger charge is -2.04. The molecule has 0 aliphatic rings. The van der Waals surface area contributed by atoms with Gasteiger partial charge in [0.2, 0.25) is 5.95 Å². The third kappa shape index (κ3) is 2.67. The standard InChI is InChI=1S/C15H11ClFN3OS/c1-7-6-8(2)19-15(18-7)20-14(21)13-12(16)11-9(17)4-3-5-10(11)22-13/h3-6H,1-2H3,(H,18,19,20,21). The molecule has 0 saturated heterocycles. The smallest absolute Gasteiger partial charge is 0.269 e. The maximum Gasteiger partial charge on any atom is 0.269 e. The molecule has 1 amide bonds. The van der Waals surface area contributed by atoms with Crippen molar-refractivity contribution in [2.45, 2.75) is 13.8 Å². The second kappa shape index (κ2) is 5.62. The number of hydrogen-bond donors (Lipinski definition) is 1. The molecule has 112 valence electrons. The Morgan fingerprint density at radius 3 is 2.59 bits per heavy atom. The number of carbonyl (C=O) groups is 1. The van der Waals surface area contributed by atoms with Crippen LogP contribution >= 0.6 is 22.9 Å². The molecule has 7 heteroatoms. The van der Waals surface area contributed by atoms with Gasteiger partial charge in [-0.1, -0.05) is 17.7 Å². The van der Waals surface area contributed by atoms with E-state index in [1.165, 1.54) is 6.07 Å². The number of hydrogen-bond acceptors (Lipinski definition) is 4. The number of aromatic nitrogens is 2. The molecule has 22 heavy (non-hydrogen) atoms. The molecular formula is C15H11ClFN3OS. The molecule has 3 aromatic rings. The van der Waals surface area contributed by atoms with Gasteiger partial charge >= 0.3 is 0 Å². The lowest BCUT2D eigenvalue weighted by molar-refractivity contribution is 0.103. The Morgan fingerprint density at radius 2 is 1.95 bits per heavy atom. The number of aryl methyl sites for hydroxylation is 2. The largest absolute Gasteiger partial charge is 0.290 e. The highest BCUT2D eigenvalue weighted by atomic mass is 35.5. The van der Waals surface area contributed by atoms with Crippen LogP contribution in [-0.4, -0.2) is 15.9 Å². The summed E-state index contributed by atoms with van der Waals surface area (Å²) >= 11 is 7.29. The predicted molar refractivity (Wildman–Crippen MR) is 86.3 cm³/mol. The molecule has 0 bridgehead atoms. The van der Waals surface area contributed by atoms with E-state index >= 15 is 0 Å². The zero-order valence-corrected chi connectivity index (χ0v) is 13.3. The molecule has 0 saturated carbocycles. The summed E-state index contributed by atoms with van der Waals surface area (Å²) in [6.45, 7) is 3.62. The number of amides is 1. The van der Waals surface area contributed by atoms with E-state index in [0.29, 0.717) is 4.70 Å². The number of carbonyl (C=O) groups excluding carboxylic acids is 1. The highest BCUT2D eigenvalue weighted by molar-refractivity contribution is 7.21. The topological polar surface area (TPSA) is 54.9 Å². The molecule has 0 aliphatic heterocycles. The van der Waals surface area contributed by atoms with Crippen LogP contribution in [0.25, 0.3) is 10.1 Å². The van der Waals surface area contributed by atoms with E-state index < -0.39 is 11.7 Å². The van der Waals surface area contributed by atoms with Gasteiger partial charge in [0.15, 0.2) is 0 Å². The highest BCUT2D eigenvalue weighted by Crippen LogP contribution is 2.37. The fraction of sp³-hybridized carbons (Fsp3) is 0.133. The molecule has 0 fully saturated rings. The van der Waals surface area contributed by atoms with Crippen LogP contribution in [-0.2, 0) is 0 Å². The molecule has 0 radical (unpaired) electrons. The minimum atomic E-state index is -0.449. The van der Waals surface area contributed by atoms with Crippen LogP contribution < -0.4 is 5.32 Å². The second-order valence-electron chi connectivity index (χ2n) is 4.79. The van der Waals surface area contributed by atoms with Crippen molar-refractivity contribution in [3.8, 4) is 0 Å². The number of thiophene rings is 1. The van der Waals surface area contributed by atoms with Crippen LogP contribution in [0.1, 0.15) is 21.1 Å². The monoisotopic (exact) mass is 335 g/mol.